The molecule has 0 atom stereocenters. The zero-order valence-electron chi connectivity index (χ0n) is 14.4. The third kappa shape index (κ3) is 2.57. The van der Waals surface area contributed by atoms with E-state index >= 15 is 0 Å². The molecule has 2 heterocycles. The van der Waals surface area contributed by atoms with Gasteiger partial charge >= 0.3 is 0 Å². The topological polar surface area (TPSA) is 56.5 Å². The lowest BCUT2D eigenvalue weighted by atomic mass is 9.98. The van der Waals surface area contributed by atoms with Gasteiger partial charge in [-0.25, -0.2) is 0 Å². The molecule has 5 aromatic rings. The van der Waals surface area contributed by atoms with Gasteiger partial charge in [-0.15, -0.1) is 20.4 Å². The van der Waals surface area contributed by atoms with E-state index < -0.39 is 0 Å². The molecule has 0 aliphatic rings. The quantitative estimate of drug-likeness (QED) is 0.480. The predicted octanol–water partition coefficient (Wildman–Crippen LogP) is 4.54. The van der Waals surface area contributed by atoms with Crippen LogP contribution in [-0.2, 0) is 0 Å². The summed E-state index contributed by atoms with van der Waals surface area (Å²) in [6, 6.07) is 28.9. The number of hydrogen-bond donors (Lipinski definition) is 0. The Bertz CT molecular complexity index is 1120. The van der Waals surface area contributed by atoms with Crippen LogP contribution in [0.5, 0.6) is 0 Å². The lowest BCUT2D eigenvalue weighted by molar-refractivity contribution is 0.795. The largest absolute Gasteiger partial charge is 0.275 e. The van der Waals surface area contributed by atoms with E-state index in [0.717, 1.165) is 33.3 Å². The summed E-state index contributed by atoms with van der Waals surface area (Å²) in [5, 5.41) is 17.5. The van der Waals surface area contributed by atoms with Crippen LogP contribution in [0.4, 0.5) is 0 Å². The van der Waals surface area contributed by atoms with Crippen LogP contribution in [0.1, 0.15) is 0 Å². The Morgan fingerprint density at radius 3 is 1.89 bits per heavy atom. The van der Waals surface area contributed by atoms with Gasteiger partial charge < -0.3 is 0 Å². The number of benzene rings is 3. The van der Waals surface area contributed by atoms with Crippen molar-refractivity contribution in [3.63, 3.8) is 0 Å². The molecule has 128 valence electrons. The molecule has 27 heavy (non-hydrogen) atoms. The van der Waals surface area contributed by atoms with Crippen LogP contribution in [0.25, 0.3) is 39.2 Å². The maximum absolute atomic E-state index is 4.23. The van der Waals surface area contributed by atoms with E-state index in [9.17, 15) is 0 Å². The van der Waals surface area contributed by atoms with Crippen molar-refractivity contribution < 1.29 is 0 Å². The Morgan fingerprint density at radius 1 is 0.593 bits per heavy atom. The van der Waals surface area contributed by atoms with Crippen LogP contribution >= 0.6 is 0 Å². The molecule has 5 heteroatoms. The highest BCUT2D eigenvalue weighted by molar-refractivity contribution is 6.05. The lowest BCUT2D eigenvalue weighted by Gasteiger charge is -2.10. The van der Waals surface area contributed by atoms with Crippen LogP contribution in [-0.4, -0.2) is 25.0 Å². The molecule has 0 bridgehead atoms. The van der Waals surface area contributed by atoms with Gasteiger partial charge in [0, 0.05) is 10.9 Å². The summed E-state index contributed by atoms with van der Waals surface area (Å²) in [5.74, 6) is 0.453. The molecule has 0 N–H and O–H groups in total. The fourth-order valence-corrected chi connectivity index (χ4v) is 3.50. The fourth-order valence-electron chi connectivity index (χ4n) is 3.50. The molecule has 5 rings (SSSR count). The average molecular weight is 349 g/mol. The summed E-state index contributed by atoms with van der Waals surface area (Å²) < 4.78 is 2.03. The monoisotopic (exact) mass is 349 g/mol. The van der Waals surface area contributed by atoms with Gasteiger partial charge in [0.15, 0.2) is 6.33 Å². The Hall–Kier alpha value is -3.86. The molecule has 0 aliphatic carbocycles. The second-order valence-electron chi connectivity index (χ2n) is 6.15. The Kier molecular flexibility index (Phi) is 3.68. The molecule has 0 amide bonds. The van der Waals surface area contributed by atoms with Gasteiger partial charge in [-0.1, -0.05) is 78.9 Å². The first-order chi connectivity index (χ1) is 13.4. The third-order valence-corrected chi connectivity index (χ3v) is 4.58. The molecule has 0 aliphatic heterocycles. The van der Waals surface area contributed by atoms with Crippen LogP contribution < -0.4 is 0 Å². The van der Waals surface area contributed by atoms with Gasteiger partial charge in [0.1, 0.15) is 0 Å². The molecule has 3 aromatic carbocycles. The first kappa shape index (κ1) is 15.4. The Balaban J connectivity index is 1.97. The minimum atomic E-state index is 0.453. The van der Waals surface area contributed by atoms with Crippen molar-refractivity contribution in [3.8, 4) is 28.3 Å². The molecule has 5 nitrogen and oxygen atoms in total. The SMILES string of the molecule is c1ccc(-c2c(-c3ccccc3)n(-c3nncnn3)c3ccccc23)cc1. The van der Waals surface area contributed by atoms with Crippen LogP contribution in [0.3, 0.4) is 0 Å². The number of para-hydroxylation sites is 1. The van der Waals surface area contributed by atoms with E-state index in [4.69, 9.17) is 0 Å². The van der Waals surface area contributed by atoms with Gasteiger partial charge in [-0.3, -0.25) is 4.57 Å². The zero-order valence-corrected chi connectivity index (χ0v) is 14.4. The maximum atomic E-state index is 4.23. The lowest BCUT2D eigenvalue weighted by Crippen LogP contribution is -2.05. The Morgan fingerprint density at radius 2 is 1.19 bits per heavy atom. The van der Waals surface area contributed by atoms with Crippen LogP contribution in [0.2, 0.25) is 0 Å². The van der Waals surface area contributed by atoms with Crippen molar-refractivity contribution in [2.75, 3.05) is 0 Å². The van der Waals surface area contributed by atoms with Crippen molar-refractivity contribution in [2.45, 2.75) is 0 Å². The van der Waals surface area contributed by atoms with Gasteiger partial charge in [0.2, 0.25) is 0 Å². The highest BCUT2D eigenvalue weighted by atomic mass is 15.3. The summed E-state index contributed by atoms with van der Waals surface area (Å²) in [6.07, 6.45) is 1.34. The predicted molar refractivity (Wildman–Crippen MR) is 105 cm³/mol. The van der Waals surface area contributed by atoms with Crippen molar-refractivity contribution in [1.82, 2.24) is 25.0 Å². The second-order valence-corrected chi connectivity index (χ2v) is 6.15. The number of hydrogen-bond acceptors (Lipinski definition) is 4. The normalized spacial score (nSPS) is 11.0. The van der Waals surface area contributed by atoms with Crippen molar-refractivity contribution in [3.05, 3.63) is 91.3 Å². The van der Waals surface area contributed by atoms with Gasteiger partial charge in [0.05, 0.1) is 11.2 Å². The second kappa shape index (κ2) is 6.46. The highest BCUT2D eigenvalue weighted by Gasteiger charge is 2.22. The summed E-state index contributed by atoms with van der Waals surface area (Å²) >= 11 is 0. The first-order valence-electron chi connectivity index (χ1n) is 8.68. The van der Waals surface area contributed by atoms with Crippen molar-refractivity contribution >= 4 is 10.9 Å². The van der Waals surface area contributed by atoms with Gasteiger partial charge in [-0.05, 0) is 17.2 Å². The van der Waals surface area contributed by atoms with E-state index in [1.165, 1.54) is 6.33 Å². The smallest absolute Gasteiger partial charge is 0.273 e. The summed E-state index contributed by atoms with van der Waals surface area (Å²) in [5.41, 5.74) is 5.41. The zero-order chi connectivity index (χ0) is 18.1. The minimum Gasteiger partial charge on any atom is -0.275 e. The molecule has 0 radical (unpaired) electrons. The first-order valence-corrected chi connectivity index (χ1v) is 8.68. The van der Waals surface area contributed by atoms with Crippen LogP contribution in [0, 0.1) is 0 Å². The Labute approximate surface area is 156 Å². The maximum Gasteiger partial charge on any atom is 0.273 e. The molecule has 0 saturated carbocycles. The van der Waals surface area contributed by atoms with Crippen molar-refractivity contribution in [2.24, 2.45) is 0 Å². The van der Waals surface area contributed by atoms with E-state index in [1.54, 1.807) is 0 Å². The summed E-state index contributed by atoms with van der Waals surface area (Å²) in [6.45, 7) is 0. The van der Waals surface area contributed by atoms with Gasteiger partial charge in [0.25, 0.3) is 5.95 Å². The third-order valence-electron chi connectivity index (χ3n) is 4.58. The standard InChI is InChI=1S/C22H15N5/c1-3-9-16(10-4-1)20-18-13-7-8-14-19(18)27(22-25-23-15-24-26-22)21(20)17-11-5-2-6-12-17/h1-15H. The van der Waals surface area contributed by atoms with Crippen LogP contribution in [0.15, 0.2) is 91.3 Å². The molecular formula is C22H15N5. The van der Waals surface area contributed by atoms with E-state index in [-0.39, 0.29) is 0 Å². The minimum absolute atomic E-state index is 0.453. The molecule has 0 fully saturated rings. The van der Waals surface area contributed by atoms with Crippen molar-refractivity contribution in [1.29, 1.82) is 0 Å². The van der Waals surface area contributed by atoms with E-state index in [2.05, 4.69) is 75.0 Å². The summed E-state index contributed by atoms with van der Waals surface area (Å²) in [7, 11) is 0. The molecule has 0 saturated heterocycles. The molecule has 0 unspecified atom stereocenters. The number of rotatable bonds is 3. The number of nitrogens with zero attached hydrogens (tertiary/aromatic N) is 5. The number of fused-ring (bicyclic) bond motifs is 1. The number of aromatic nitrogens is 5. The molecule has 2 aromatic heterocycles. The summed E-state index contributed by atoms with van der Waals surface area (Å²) in [4.78, 5) is 0. The van der Waals surface area contributed by atoms with Gasteiger partial charge in [-0.2, -0.15) is 0 Å². The molecule has 0 spiro atoms. The average Bonchev–Trinajstić information content (AvgIpc) is 3.11. The highest BCUT2D eigenvalue weighted by Crippen LogP contribution is 2.41. The van der Waals surface area contributed by atoms with E-state index in [0.29, 0.717) is 5.95 Å². The fraction of sp³-hybridized carbons (Fsp3) is 0. The molecular weight excluding hydrogens is 334 g/mol. The van der Waals surface area contributed by atoms with E-state index in [1.807, 2.05) is 34.9 Å².